The van der Waals surface area contributed by atoms with E-state index in [0.717, 1.165) is 24.3 Å². The van der Waals surface area contributed by atoms with Crippen LogP contribution in [0.5, 0.6) is 11.5 Å². The highest BCUT2D eigenvalue weighted by Crippen LogP contribution is 2.33. The first-order valence-corrected chi connectivity index (χ1v) is 7.90. The van der Waals surface area contributed by atoms with E-state index in [4.69, 9.17) is 9.47 Å². The molecule has 1 aliphatic rings. The number of aliphatic hydroxyl groups excluding tert-OH is 1. The van der Waals surface area contributed by atoms with Crippen LogP contribution in [-0.2, 0) is 0 Å². The van der Waals surface area contributed by atoms with E-state index >= 15 is 0 Å². The van der Waals surface area contributed by atoms with E-state index < -0.39 is 0 Å². The molecule has 1 aromatic rings. The Hall–Kier alpha value is -1.26. The summed E-state index contributed by atoms with van der Waals surface area (Å²) in [6.07, 6.45) is 1.94. The van der Waals surface area contributed by atoms with Gasteiger partial charge in [0, 0.05) is 12.1 Å². The summed E-state index contributed by atoms with van der Waals surface area (Å²) in [5, 5.41) is 13.1. The van der Waals surface area contributed by atoms with Crippen molar-refractivity contribution in [2.45, 2.75) is 45.7 Å². The lowest BCUT2D eigenvalue weighted by Gasteiger charge is -2.26. The van der Waals surface area contributed by atoms with Crippen LogP contribution in [0.25, 0.3) is 0 Å². The summed E-state index contributed by atoms with van der Waals surface area (Å²) in [6.45, 7) is 7.89. The van der Waals surface area contributed by atoms with Crippen molar-refractivity contribution >= 4 is 0 Å². The molecule has 1 heterocycles. The standard InChI is InChI=1S/C17H27NO3/c1-4-15(18-14(11-19)9-12(2)3)13-5-6-16-17(10-13)21-8-7-20-16/h5-6,10,12,14-15,18-19H,4,7-9,11H2,1-3H3. The number of benzene rings is 1. The fourth-order valence-electron chi connectivity index (χ4n) is 2.78. The van der Waals surface area contributed by atoms with Crippen LogP contribution in [0, 0.1) is 5.92 Å². The van der Waals surface area contributed by atoms with Gasteiger partial charge in [0.25, 0.3) is 0 Å². The molecule has 2 unspecified atom stereocenters. The van der Waals surface area contributed by atoms with Gasteiger partial charge in [-0.1, -0.05) is 26.8 Å². The highest BCUT2D eigenvalue weighted by molar-refractivity contribution is 5.44. The summed E-state index contributed by atoms with van der Waals surface area (Å²) in [4.78, 5) is 0. The van der Waals surface area contributed by atoms with Crippen molar-refractivity contribution in [3.8, 4) is 11.5 Å². The fourth-order valence-corrected chi connectivity index (χ4v) is 2.78. The number of hydrogen-bond donors (Lipinski definition) is 2. The van der Waals surface area contributed by atoms with Gasteiger partial charge in [-0.15, -0.1) is 0 Å². The average Bonchev–Trinajstić information content (AvgIpc) is 2.50. The monoisotopic (exact) mass is 293 g/mol. The van der Waals surface area contributed by atoms with Crippen molar-refractivity contribution in [2.24, 2.45) is 5.92 Å². The van der Waals surface area contributed by atoms with Crippen LogP contribution < -0.4 is 14.8 Å². The first kappa shape index (κ1) is 16.1. The molecule has 21 heavy (non-hydrogen) atoms. The molecule has 2 rings (SSSR count). The van der Waals surface area contributed by atoms with E-state index in [1.54, 1.807) is 0 Å². The lowest BCUT2D eigenvalue weighted by Crippen LogP contribution is -2.36. The highest BCUT2D eigenvalue weighted by Gasteiger charge is 2.19. The lowest BCUT2D eigenvalue weighted by molar-refractivity contribution is 0.171. The minimum Gasteiger partial charge on any atom is -0.486 e. The van der Waals surface area contributed by atoms with Crippen molar-refractivity contribution in [2.75, 3.05) is 19.8 Å². The molecule has 0 saturated heterocycles. The second-order valence-corrected chi connectivity index (χ2v) is 6.04. The van der Waals surface area contributed by atoms with Gasteiger partial charge in [0.2, 0.25) is 0 Å². The second-order valence-electron chi connectivity index (χ2n) is 6.04. The van der Waals surface area contributed by atoms with Crippen LogP contribution in [0.15, 0.2) is 18.2 Å². The van der Waals surface area contributed by atoms with Crippen molar-refractivity contribution in [1.82, 2.24) is 5.32 Å². The quantitative estimate of drug-likeness (QED) is 0.811. The summed E-state index contributed by atoms with van der Waals surface area (Å²) in [5.41, 5.74) is 1.18. The molecular formula is C17H27NO3. The van der Waals surface area contributed by atoms with Crippen LogP contribution in [0.4, 0.5) is 0 Å². The molecule has 1 aromatic carbocycles. The number of nitrogens with one attached hydrogen (secondary N) is 1. The molecule has 1 aliphatic heterocycles. The van der Waals surface area contributed by atoms with Gasteiger partial charge >= 0.3 is 0 Å². The smallest absolute Gasteiger partial charge is 0.161 e. The zero-order chi connectivity index (χ0) is 15.2. The number of fused-ring (bicyclic) bond motifs is 1. The van der Waals surface area contributed by atoms with E-state index in [9.17, 15) is 5.11 Å². The molecule has 0 saturated carbocycles. The molecule has 2 N–H and O–H groups in total. The molecule has 0 bridgehead atoms. The molecule has 4 nitrogen and oxygen atoms in total. The molecular weight excluding hydrogens is 266 g/mol. The number of aliphatic hydroxyl groups is 1. The zero-order valence-corrected chi connectivity index (χ0v) is 13.3. The Morgan fingerprint density at radius 1 is 1.19 bits per heavy atom. The molecule has 0 fully saturated rings. The van der Waals surface area contributed by atoms with Gasteiger partial charge in [0.15, 0.2) is 11.5 Å². The van der Waals surface area contributed by atoms with Gasteiger partial charge in [-0.3, -0.25) is 0 Å². The average molecular weight is 293 g/mol. The molecule has 0 aliphatic carbocycles. The first-order valence-electron chi connectivity index (χ1n) is 7.90. The van der Waals surface area contributed by atoms with E-state index in [0.29, 0.717) is 19.1 Å². The molecule has 0 aromatic heterocycles. The summed E-state index contributed by atoms with van der Waals surface area (Å²) in [7, 11) is 0. The number of hydrogen-bond acceptors (Lipinski definition) is 4. The van der Waals surface area contributed by atoms with E-state index in [2.05, 4.69) is 38.2 Å². The molecule has 0 spiro atoms. The molecule has 118 valence electrons. The van der Waals surface area contributed by atoms with Gasteiger partial charge in [0.1, 0.15) is 13.2 Å². The molecule has 0 amide bonds. The number of ether oxygens (including phenoxy) is 2. The molecule has 2 atom stereocenters. The summed E-state index contributed by atoms with van der Waals surface area (Å²) >= 11 is 0. The third-order valence-corrected chi connectivity index (χ3v) is 3.79. The van der Waals surface area contributed by atoms with Crippen LogP contribution in [0.3, 0.4) is 0 Å². The van der Waals surface area contributed by atoms with Crippen molar-refractivity contribution in [3.05, 3.63) is 23.8 Å². The summed E-state index contributed by atoms with van der Waals surface area (Å²) < 4.78 is 11.2. The fraction of sp³-hybridized carbons (Fsp3) is 0.647. The van der Waals surface area contributed by atoms with Crippen molar-refractivity contribution < 1.29 is 14.6 Å². The first-order chi connectivity index (χ1) is 10.1. The van der Waals surface area contributed by atoms with Crippen molar-refractivity contribution in [3.63, 3.8) is 0 Å². The Morgan fingerprint density at radius 3 is 2.52 bits per heavy atom. The highest BCUT2D eigenvalue weighted by atomic mass is 16.6. The maximum Gasteiger partial charge on any atom is 0.161 e. The summed E-state index contributed by atoms with van der Waals surface area (Å²) in [6, 6.07) is 6.46. The molecule has 4 heteroatoms. The SMILES string of the molecule is CCC(NC(CO)CC(C)C)c1ccc2c(c1)OCCO2. The Labute approximate surface area is 127 Å². The third-order valence-electron chi connectivity index (χ3n) is 3.79. The Balaban J connectivity index is 2.09. The lowest BCUT2D eigenvalue weighted by atomic mass is 9.99. The van der Waals surface area contributed by atoms with Crippen molar-refractivity contribution in [1.29, 1.82) is 0 Å². The van der Waals surface area contributed by atoms with E-state index in [1.165, 1.54) is 5.56 Å². The van der Waals surface area contributed by atoms with E-state index in [1.807, 2.05) is 6.07 Å². The Bertz CT molecular complexity index is 448. The molecule has 0 radical (unpaired) electrons. The number of rotatable bonds is 7. The second kappa shape index (κ2) is 7.66. The van der Waals surface area contributed by atoms with Crippen LogP contribution >= 0.6 is 0 Å². The topological polar surface area (TPSA) is 50.7 Å². The Kier molecular flexibility index (Phi) is 5.88. The summed E-state index contributed by atoms with van der Waals surface area (Å²) in [5.74, 6) is 2.21. The van der Waals surface area contributed by atoms with Gasteiger partial charge in [-0.25, -0.2) is 0 Å². The third kappa shape index (κ3) is 4.35. The van der Waals surface area contributed by atoms with Gasteiger partial charge in [-0.2, -0.15) is 0 Å². The van der Waals surface area contributed by atoms with Gasteiger partial charge < -0.3 is 19.9 Å². The van der Waals surface area contributed by atoms with E-state index in [-0.39, 0.29) is 18.7 Å². The van der Waals surface area contributed by atoms with Crippen LogP contribution in [-0.4, -0.2) is 31.0 Å². The minimum absolute atomic E-state index is 0.128. The van der Waals surface area contributed by atoms with Crippen LogP contribution in [0.2, 0.25) is 0 Å². The predicted molar refractivity (Wildman–Crippen MR) is 83.9 cm³/mol. The van der Waals surface area contributed by atoms with Gasteiger partial charge in [0.05, 0.1) is 6.61 Å². The zero-order valence-electron chi connectivity index (χ0n) is 13.3. The van der Waals surface area contributed by atoms with Crippen LogP contribution in [0.1, 0.15) is 45.2 Å². The minimum atomic E-state index is 0.128. The predicted octanol–water partition coefficient (Wildman–Crippen LogP) is 2.91. The Morgan fingerprint density at radius 2 is 1.90 bits per heavy atom. The maximum atomic E-state index is 9.55. The maximum absolute atomic E-state index is 9.55. The largest absolute Gasteiger partial charge is 0.486 e. The van der Waals surface area contributed by atoms with Gasteiger partial charge in [-0.05, 0) is 36.5 Å². The normalized spacial score (nSPS) is 16.8.